The van der Waals surface area contributed by atoms with Crippen molar-refractivity contribution in [2.45, 2.75) is 52.5 Å². The zero-order chi connectivity index (χ0) is 27.1. The second-order valence-corrected chi connectivity index (χ2v) is 9.65. The van der Waals surface area contributed by atoms with Crippen LogP contribution in [0.1, 0.15) is 68.6 Å². The summed E-state index contributed by atoms with van der Waals surface area (Å²) in [5, 5.41) is 11.8. The van der Waals surface area contributed by atoms with Crippen LogP contribution in [0.5, 0.6) is 5.75 Å². The maximum Gasteiger partial charge on any atom is 0.290 e. The molecule has 4 rings (SSSR count). The van der Waals surface area contributed by atoms with Crippen LogP contribution in [-0.4, -0.2) is 59.4 Å². The predicted octanol–water partition coefficient (Wildman–Crippen LogP) is 6.31. The van der Waals surface area contributed by atoms with Crippen molar-refractivity contribution in [3.63, 3.8) is 0 Å². The summed E-state index contributed by atoms with van der Waals surface area (Å²) in [5.41, 5.74) is 1.37. The molecule has 1 atom stereocenters. The number of unbranched alkanes of at least 4 members (excludes halogenated alkanes) is 2. The first-order valence-electron chi connectivity index (χ1n) is 13.7. The number of aliphatic hydroxyl groups is 1. The first-order chi connectivity index (χ1) is 18.5. The molecule has 0 spiro atoms. The van der Waals surface area contributed by atoms with Crippen LogP contribution in [0.3, 0.4) is 0 Å². The van der Waals surface area contributed by atoms with Gasteiger partial charge in [0.05, 0.1) is 18.2 Å². The van der Waals surface area contributed by atoms with Crippen LogP contribution < -0.4 is 4.74 Å². The van der Waals surface area contributed by atoms with Gasteiger partial charge in [-0.1, -0.05) is 63.9 Å². The average Bonchev–Trinajstić information content (AvgIpc) is 3.48. The number of carbonyl (C=O) groups excluding carboxylic acids is 2. The fraction of sp³-hybridized carbons (Fsp3) is 0.419. The molecule has 38 heavy (non-hydrogen) atoms. The van der Waals surface area contributed by atoms with Gasteiger partial charge in [0.25, 0.3) is 5.91 Å². The lowest BCUT2D eigenvalue weighted by Crippen LogP contribution is -2.34. The van der Waals surface area contributed by atoms with Gasteiger partial charge < -0.3 is 24.1 Å². The Morgan fingerprint density at radius 2 is 1.76 bits per heavy atom. The zero-order valence-electron chi connectivity index (χ0n) is 22.6. The number of fused-ring (bicyclic) bond motifs is 1. The summed E-state index contributed by atoms with van der Waals surface area (Å²) in [6.07, 6.45) is 3.95. The van der Waals surface area contributed by atoms with Crippen molar-refractivity contribution in [2.75, 3.05) is 32.8 Å². The molecular formula is C31H38N2O5. The Kier molecular flexibility index (Phi) is 9.24. The lowest BCUT2D eigenvalue weighted by molar-refractivity contribution is -0.129. The van der Waals surface area contributed by atoms with Crippen molar-refractivity contribution in [1.29, 1.82) is 0 Å². The Morgan fingerprint density at radius 1 is 1.03 bits per heavy atom. The number of para-hydroxylation sites is 1. The second kappa shape index (κ2) is 12.8. The maximum atomic E-state index is 13.7. The normalized spacial score (nSPS) is 15.7. The first-order valence-corrected chi connectivity index (χ1v) is 13.7. The number of carbonyl (C=O) groups is 2. The SMILES string of the molecule is CCCCCOc1ccc(C2C(C(=O)c3cc4ccccc4o3)=C(O)C(=O)N2CCCN(CC)CC)cc1. The molecule has 1 amide bonds. The molecule has 0 aliphatic carbocycles. The van der Waals surface area contributed by atoms with Gasteiger partial charge in [-0.2, -0.15) is 0 Å². The lowest BCUT2D eigenvalue weighted by atomic mass is 9.95. The number of ether oxygens (including phenoxy) is 1. The van der Waals surface area contributed by atoms with Gasteiger partial charge in [0.15, 0.2) is 11.5 Å². The van der Waals surface area contributed by atoms with Crippen LogP contribution in [0.4, 0.5) is 0 Å². The average molecular weight is 519 g/mol. The van der Waals surface area contributed by atoms with Crippen molar-refractivity contribution < 1.29 is 23.8 Å². The van der Waals surface area contributed by atoms with E-state index in [1.807, 2.05) is 42.5 Å². The summed E-state index contributed by atoms with van der Waals surface area (Å²) in [4.78, 5) is 30.9. The molecule has 0 saturated heterocycles. The Hall–Kier alpha value is -3.58. The second-order valence-electron chi connectivity index (χ2n) is 9.65. The molecular weight excluding hydrogens is 480 g/mol. The third-order valence-corrected chi connectivity index (χ3v) is 7.18. The Bertz CT molecular complexity index is 1240. The lowest BCUT2D eigenvalue weighted by Gasteiger charge is -2.28. The van der Waals surface area contributed by atoms with E-state index < -0.39 is 23.5 Å². The smallest absolute Gasteiger partial charge is 0.290 e. The van der Waals surface area contributed by atoms with Crippen LogP contribution >= 0.6 is 0 Å². The molecule has 2 heterocycles. The van der Waals surface area contributed by atoms with E-state index in [9.17, 15) is 14.7 Å². The highest BCUT2D eigenvalue weighted by Crippen LogP contribution is 2.40. The van der Waals surface area contributed by atoms with E-state index in [-0.39, 0.29) is 11.3 Å². The molecule has 1 unspecified atom stereocenters. The Labute approximate surface area is 224 Å². The summed E-state index contributed by atoms with van der Waals surface area (Å²) in [7, 11) is 0. The molecule has 202 valence electrons. The minimum Gasteiger partial charge on any atom is -0.503 e. The van der Waals surface area contributed by atoms with E-state index in [1.165, 1.54) is 0 Å². The molecule has 0 bridgehead atoms. The molecule has 0 saturated carbocycles. The Morgan fingerprint density at radius 3 is 2.45 bits per heavy atom. The van der Waals surface area contributed by atoms with Gasteiger partial charge in [0.1, 0.15) is 11.3 Å². The standard InChI is InChI=1S/C31H38N2O5/c1-4-7-10-20-37-24-16-14-22(15-17-24)28-27(29(34)26-21-23-12-8-9-13-25(23)38-26)30(35)31(36)33(28)19-11-18-32(5-2)6-3/h8-9,12-17,21,28,35H,4-7,10-11,18-20H2,1-3H3. The van der Waals surface area contributed by atoms with Gasteiger partial charge in [-0.3, -0.25) is 9.59 Å². The van der Waals surface area contributed by atoms with E-state index in [4.69, 9.17) is 9.15 Å². The highest BCUT2D eigenvalue weighted by atomic mass is 16.5. The van der Waals surface area contributed by atoms with E-state index in [1.54, 1.807) is 17.0 Å². The summed E-state index contributed by atoms with van der Waals surface area (Å²) in [6.45, 7) is 10.1. The Balaban J connectivity index is 1.63. The van der Waals surface area contributed by atoms with Crippen LogP contribution in [0.2, 0.25) is 0 Å². The molecule has 0 radical (unpaired) electrons. The zero-order valence-corrected chi connectivity index (χ0v) is 22.6. The minimum atomic E-state index is -0.714. The maximum absolute atomic E-state index is 13.7. The monoisotopic (exact) mass is 518 g/mol. The van der Waals surface area contributed by atoms with Crippen LogP contribution in [-0.2, 0) is 4.79 Å². The van der Waals surface area contributed by atoms with E-state index in [2.05, 4.69) is 25.7 Å². The number of rotatable bonds is 14. The van der Waals surface area contributed by atoms with Crippen molar-refractivity contribution in [3.05, 3.63) is 77.3 Å². The van der Waals surface area contributed by atoms with E-state index in [0.29, 0.717) is 18.7 Å². The van der Waals surface area contributed by atoms with Crippen molar-refractivity contribution in [1.82, 2.24) is 9.80 Å². The number of nitrogens with zero attached hydrogens (tertiary/aromatic N) is 2. The van der Waals surface area contributed by atoms with Crippen LogP contribution in [0, 0.1) is 0 Å². The number of benzene rings is 2. The van der Waals surface area contributed by atoms with Gasteiger partial charge >= 0.3 is 0 Å². The summed E-state index contributed by atoms with van der Waals surface area (Å²) < 4.78 is 11.7. The molecule has 7 nitrogen and oxygen atoms in total. The molecule has 1 N–H and O–H groups in total. The highest BCUT2D eigenvalue weighted by molar-refractivity contribution is 6.16. The minimum absolute atomic E-state index is 0.0495. The van der Waals surface area contributed by atoms with Gasteiger partial charge in [0.2, 0.25) is 5.78 Å². The topological polar surface area (TPSA) is 83.2 Å². The number of hydrogen-bond donors (Lipinski definition) is 1. The van der Waals surface area contributed by atoms with Crippen molar-refractivity contribution >= 4 is 22.7 Å². The number of Topliss-reactive ketones (excluding diaryl/α,β-unsaturated/α-hetero) is 1. The van der Waals surface area contributed by atoms with Crippen LogP contribution in [0.25, 0.3) is 11.0 Å². The molecule has 2 aromatic carbocycles. The molecule has 1 aromatic heterocycles. The fourth-order valence-electron chi connectivity index (χ4n) is 4.98. The third kappa shape index (κ3) is 5.94. The van der Waals surface area contributed by atoms with Crippen molar-refractivity contribution in [3.8, 4) is 5.75 Å². The van der Waals surface area contributed by atoms with Gasteiger partial charge in [0, 0.05) is 11.9 Å². The summed E-state index contributed by atoms with van der Waals surface area (Å²) in [5.74, 6) is -0.688. The number of furan rings is 1. The fourth-order valence-corrected chi connectivity index (χ4v) is 4.98. The number of hydrogen-bond acceptors (Lipinski definition) is 6. The summed E-state index contributed by atoms with van der Waals surface area (Å²) in [6, 6.07) is 15.8. The largest absolute Gasteiger partial charge is 0.503 e. The summed E-state index contributed by atoms with van der Waals surface area (Å²) >= 11 is 0. The van der Waals surface area contributed by atoms with Crippen LogP contribution in [0.15, 0.2) is 70.3 Å². The quantitative estimate of drug-likeness (QED) is 0.199. The number of aliphatic hydroxyl groups excluding tert-OH is 1. The van der Waals surface area contributed by atoms with Crippen molar-refractivity contribution in [2.24, 2.45) is 0 Å². The van der Waals surface area contributed by atoms with E-state index in [0.717, 1.165) is 62.0 Å². The molecule has 0 fully saturated rings. The molecule has 1 aliphatic heterocycles. The number of amides is 1. The van der Waals surface area contributed by atoms with Gasteiger partial charge in [-0.05, 0) is 62.3 Å². The van der Waals surface area contributed by atoms with E-state index >= 15 is 0 Å². The van der Waals surface area contributed by atoms with Gasteiger partial charge in [-0.25, -0.2) is 0 Å². The molecule has 3 aromatic rings. The third-order valence-electron chi connectivity index (χ3n) is 7.18. The predicted molar refractivity (Wildman–Crippen MR) is 149 cm³/mol. The van der Waals surface area contributed by atoms with Gasteiger partial charge in [-0.15, -0.1) is 0 Å². The molecule has 1 aliphatic rings. The number of ketones is 1. The first kappa shape index (κ1) is 27.5. The molecule has 7 heteroatoms. The highest BCUT2D eigenvalue weighted by Gasteiger charge is 2.44.